The summed E-state index contributed by atoms with van der Waals surface area (Å²) in [7, 11) is 1.75. The summed E-state index contributed by atoms with van der Waals surface area (Å²) in [6, 6.07) is 5.77. The van der Waals surface area contributed by atoms with Crippen LogP contribution in [0.15, 0.2) is 38.7 Å². The highest BCUT2D eigenvalue weighted by Crippen LogP contribution is 2.33. The molecule has 0 aliphatic rings. The first-order valence-corrected chi connectivity index (χ1v) is 12.1. The third-order valence-corrected chi connectivity index (χ3v) is 5.91. The van der Waals surface area contributed by atoms with Gasteiger partial charge in [-0.1, -0.05) is 13.8 Å². The minimum absolute atomic E-state index is 0.0794. The molecule has 2 heterocycles. The fourth-order valence-corrected chi connectivity index (χ4v) is 4.28. The molecule has 0 aliphatic heterocycles. The summed E-state index contributed by atoms with van der Waals surface area (Å²) in [5, 5.41) is 2.38. The van der Waals surface area contributed by atoms with Crippen LogP contribution in [0.1, 0.15) is 46.7 Å². The summed E-state index contributed by atoms with van der Waals surface area (Å²) < 4.78 is 13.8. The van der Waals surface area contributed by atoms with Crippen LogP contribution in [0.4, 0.5) is 4.79 Å². The van der Waals surface area contributed by atoms with Gasteiger partial charge in [0.25, 0.3) is 5.56 Å². The number of aliphatic imine (C=N–C) groups is 1. The van der Waals surface area contributed by atoms with Crippen LogP contribution < -0.4 is 10.3 Å². The zero-order valence-electron chi connectivity index (χ0n) is 20.8. The topological polar surface area (TPSA) is 82.8 Å². The van der Waals surface area contributed by atoms with Crippen LogP contribution in [0.5, 0.6) is 5.75 Å². The molecule has 0 spiro atoms. The molecule has 0 fully saturated rings. The normalized spacial score (nSPS) is 13.2. The Morgan fingerprint density at radius 3 is 2.56 bits per heavy atom. The maximum Gasteiger partial charge on any atom is 0.433 e. The van der Waals surface area contributed by atoms with Crippen LogP contribution in [0.3, 0.4) is 0 Å². The van der Waals surface area contributed by atoms with Gasteiger partial charge in [-0.3, -0.25) is 9.78 Å². The zero-order valence-corrected chi connectivity index (χ0v) is 22.4. The SMILES string of the molecule is Cc1cc2c(cn1)c(=O)n(C)c1cc(OCC(C=NC(=O)OC(C)(C)C)CC(C)C)c(Br)cc21. The molecule has 3 rings (SSSR count). The fourth-order valence-electron chi connectivity index (χ4n) is 3.82. The Kier molecular flexibility index (Phi) is 7.81. The molecule has 0 radical (unpaired) electrons. The van der Waals surface area contributed by atoms with E-state index in [0.29, 0.717) is 23.7 Å². The number of hydrogen-bond acceptors (Lipinski definition) is 5. The molecule has 8 heteroatoms. The van der Waals surface area contributed by atoms with E-state index in [0.717, 1.165) is 32.9 Å². The number of nitrogens with zero attached hydrogens (tertiary/aromatic N) is 3. The summed E-state index contributed by atoms with van der Waals surface area (Å²) in [6.45, 7) is 11.9. The van der Waals surface area contributed by atoms with Crippen molar-refractivity contribution in [2.45, 2.75) is 53.6 Å². The van der Waals surface area contributed by atoms with Crippen molar-refractivity contribution in [3.8, 4) is 5.75 Å². The number of carbonyl (C=O) groups is 1. The zero-order chi connectivity index (χ0) is 25.2. The maximum atomic E-state index is 12.9. The van der Waals surface area contributed by atoms with Gasteiger partial charge in [0, 0.05) is 42.5 Å². The molecule has 0 aliphatic carbocycles. The van der Waals surface area contributed by atoms with E-state index in [1.165, 1.54) is 0 Å². The molecule has 0 saturated carbocycles. The largest absolute Gasteiger partial charge is 0.492 e. The maximum absolute atomic E-state index is 12.9. The van der Waals surface area contributed by atoms with Crippen molar-refractivity contribution in [2.75, 3.05) is 6.61 Å². The Morgan fingerprint density at radius 2 is 1.91 bits per heavy atom. The van der Waals surface area contributed by atoms with Gasteiger partial charge in [0.1, 0.15) is 11.4 Å². The lowest BCUT2D eigenvalue weighted by Gasteiger charge is -2.19. The van der Waals surface area contributed by atoms with E-state index in [9.17, 15) is 9.59 Å². The molecule has 3 aromatic rings. The number of carbonyl (C=O) groups excluding carboxylic acids is 1. The fraction of sp³-hybridized carbons (Fsp3) is 0.462. The summed E-state index contributed by atoms with van der Waals surface area (Å²) in [5.74, 6) is 0.930. The lowest BCUT2D eigenvalue weighted by atomic mass is 9.99. The number of amides is 1. The highest BCUT2D eigenvalue weighted by molar-refractivity contribution is 9.10. The Balaban J connectivity index is 1.91. The van der Waals surface area contributed by atoms with Crippen LogP contribution in [0.2, 0.25) is 0 Å². The van der Waals surface area contributed by atoms with Crippen LogP contribution in [-0.4, -0.2) is 34.1 Å². The predicted octanol–water partition coefficient (Wildman–Crippen LogP) is 6.20. The molecule has 2 aromatic heterocycles. The predicted molar refractivity (Wildman–Crippen MR) is 140 cm³/mol. The van der Waals surface area contributed by atoms with Crippen molar-refractivity contribution < 1.29 is 14.3 Å². The molecular formula is C26H32BrN3O4. The number of halogens is 1. The number of rotatable bonds is 6. The number of ether oxygens (including phenoxy) is 2. The van der Waals surface area contributed by atoms with Gasteiger partial charge in [-0.25, -0.2) is 4.79 Å². The van der Waals surface area contributed by atoms with Crippen molar-refractivity contribution >= 4 is 49.9 Å². The second kappa shape index (κ2) is 10.3. The third kappa shape index (κ3) is 6.23. The van der Waals surface area contributed by atoms with E-state index < -0.39 is 11.7 Å². The highest BCUT2D eigenvalue weighted by Gasteiger charge is 2.18. The average molecular weight is 530 g/mol. The number of aryl methyl sites for hydroxylation is 2. The molecule has 182 valence electrons. The van der Waals surface area contributed by atoms with Gasteiger partial charge in [0.05, 0.1) is 22.0 Å². The first-order chi connectivity index (χ1) is 15.9. The minimum atomic E-state index is -0.611. The van der Waals surface area contributed by atoms with Gasteiger partial charge in [-0.15, -0.1) is 0 Å². The van der Waals surface area contributed by atoms with Gasteiger partial charge in [0.2, 0.25) is 0 Å². The van der Waals surface area contributed by atoms with E-state index in [1.54, 1.807) is 44.8 Å². The van der Waals surface area contributed by atoms with Crippen molar-refractivity contribution in [1.29, 1.82) is 0 Å². The van der Waals surface area contributed by atoms with Crippen LogP contribution in [0, 0.1) is 18.8 Å². The lowest BCUT2D eigenvalue weighted by Crippen LogP contribution is -2.23. The molecule has 34 heavy (non-hydrogen) atoms. The Labute approximate surface area is 208 Å². The molecule has 7 nitrogen and oxygen atoms in total. The highest BCUT2D eigenvalue weighted by atomic mass is 79.9. The molecule has 1 atom stereocenters. The van der Waals surface area contributed by atoms with Gasteiger partial charge in [0.15, 0.2) is 0 Å². The summed E-state index contributed by atoms with van der Waals surface area (Å²) in [5.41, 5.74) is 0.914. The number of aromatic nitrogens is 2. The van der Waals surface area contributed by atoms with E-state index in [2.05, 4.69) is 39.8 Å². The number of benzene rings is 1. The van der Waals surface area contributed by atoms with Crippen molar-refractivity contribution in [3.63, 3.8) is 0 Å². The Bertz CT molecular complexity index is 1310. The van der Waals surface area contributed by atoms with E-state index in [4.69, 9.17) is 9.47 Å². The second-order valence-corrected chi connectivity index (χ2v) is 10.8. The second-order valence-electron chi connectivity index (χ2n) is 9.99. The third-order valence-electron chi connectivity index (χ3n) is 5.29. The summed E-state index contributed by atoms with van der Waals surface area (Å²) in [6.07, 6.45) is 3.43. The molecule has 1 aromatic carbocycles. The first-order valence-electron chi connectivity index (χ1n) is 11.3. The van der Waals surface area contributed by atoms with Crippen LogP contribution in [0.25, 0.3) is 21.7 Å². The van der Waals surface area contributed by atoms with Crippen LogP contribution in [-0.2, 0) is 11.8 Å². The molecule has 0 saturated heterocycles. The Morgan fingerprint density at radius 1 is 1.21 bits per heavy atom. The monoisotopic (exact) mass is 529 g/mol. The number of pyridine rings is 2. The van der Waals surface area contributed by atoms with Gasteiger partial charge in [-0.2, -0.15) is 4.99 Å². The van der Waals surface area contributed by atoms with E-state index in [1.807, 2.05) is 25.1 Å². The van der Waals surface area contributed by atoms with E-state index in [-0.39, 0.29) is 11.5 Å². The molecule has 1 unspecified atom stereocenters. The number of fused-ring (bicyclic) bond motifs is 3. The first kappa shape index (κ1) is 25.9. The Hall–Kier alpha value is -2.74. The minimum Gasteiger partial charge on any atom is -0.492 e. The lowest BCUT2D eigenvalue weighted by molar-refractivity contribution is 0.0604. The standard InChI is InChI=1S/C26H32BrN3O4/c1-15(2)8-17(12-29-25(32)34-26(4,5)6)14-33-23-11-22-19(10-21(23)27)18-9-16(3)28-13-20(18)24(31)30(22)7/h9-13,15,17H,8,14H2,1-7H3. The molecule has 1 amide bonds. The van der Waals surface area contributed by atoms with Crippen molar-refractivity contribution in [3.05, 3.63) is 44.9 Å². The van der Waals surface area contributed by atoms with Crippen LogP contribution >= 0.6 is 15.9 Å². The van der Waals surface area contributed by atoms with Crippen molar-refractivity contribution in [1.82, 2.24) is 9.55 Å². The molecular weight excluding hydrogens is 498 g/mol. The van der Waals surface area contributed by atoms with Gasteiger partial charge < -0.3 is 14.0 Å². The quantitative estimate of drug-likeness (QED) is 0.280. The average Bonchev–Trinajstić information content (AvgIpc) is 2.72. The van der Waals surface area contributed by atoms with Gasteiger partial charge >= 0.3 is 6.09 Å². The summed E-state index contributed by atoms with van der Waals surface area (Å²) in [4.78, 5) is 33.2. The summed E-state index contributed by atoms with van der Waals surface area (Å²) >= 11 is 3.63. The van der Waals surface area contributed by atoms with Gasteiger partial charge in [-0.05, 0) is 73.5 Å². The van der Waals surface area contributed by atoms with Crippen molar-refractivity contribution in [2.24, 2.45) is 23.9 Å². The number of hydrogen-bond donors (Lipinski definition) is 0. The smallest absolute Gasteiger partial charge is 0.433 e. The molecule has 0 bridgehead atoms. The van der Waals surface area contributed by atoms with E-state index >= 15 is 0 Å². The molecule has 0 N–H and O–H groups in total.